The molecule has 0 aliphatic heterocycles. The lowest BCUT2D eigenvalue weighted by Gasteiger charge is -2.29. The molecule has 1 aliphatic rings. The average molecular weight is 568 g/mol. The number of amides is 1. The molecule has 12 heteroatoms. The molecule has 39 heavy (non-hydrogen) atoms. The molecule has 1 amide bonds. The van der Waals surface area contributed by atoms with Gasteiger partial charge in [0.2, 0.25) is 5.88 Å². The molecule has 4 rings (SSSR count). The van der Waals surface area contributed by atoms with Gasteiger partial charge in [-0.05, 0) is 55.4 Å². The summed E-state index contributed by atoms with van der Waals surface area (Å²) < 4.78 is 70.7. The SMILES string of the molecule is CCS(=O)(=O)c1ccc(C(CO)NC(=O)c2cn(C)c3c(OCC4CCC(C(F)(F)F)CC4)nccc23)cc1. The number of fused-ring (bicyclic) bond motifs is 1. The van der Waals surface area contributed by atoms with Gasteiger partial charge in [-0.3, -0.25) is 4.79 Å². The minimum atomic E-state index is -4.16. The minimum Gasteiger partial charge on any atom is -0.476 e. The number of rotatable bonds is 9. The van der Waals surface area contributed by atoms with Gasteiger partial charge in [-0.15, -0.1) is 0 Å². The van der Waals surface area contributed by atoms with E-state index >= 15 is 0 Å². The van der Waals surface area contributed by atoms with Crippen LogP contribution < -0.4 is 10.1 Å². The number of ether oxygens (including phenoxy) is 1. The van der Waals surface area contributed by atoms with Gasteiger partial charge in [-0.25, -0.2) is 13.4 Å². The summed E-state index contributed by atoms with van der Waals surface area (Å²) in [6, 6.07) is 6.92. The van der Waals surface area contributed by atoms with E-state index in [-0.39, 0.29) is 36.0 Å². The fourth-order valence-electron chi connectivity index (χ4n) is 5.01. The number of aliphatic hydroxyl groups is 1. The Hall–Kier alpha value is -3.12. The Morgan fingerprint density at radius 1 is 1.18 bits per heavy atom. The second-order valence-corrected chi connectivity index (χ2v) is 12.2. The molecule has 3 aromatic rings. The molecule has 1 aliphatic carbocycles. The van der Waals surface area contributed by atoms with Crippen molar-refractivity contribution in [1.82, 2.24) is 14.9 Å². The maximum Gasteiger partial charge on any atom is 0.391 e. The van der Waals surface area contributed by atoms with Crippen LogP contribution in [0, 0.1) is 11.8 Å². The Bertz CT molecular complexity index is 1410. The summed E-state index contributed by atoms with van der Waals surface area (Å²) in [6.07, 6.45) is -0.00365. The number of hydrogen-bond donors (Lipinski definition) is 2. The second-order valence-electron chi connectivity index (χ2n) is 9.92. The van der Waals surface area contributed by atoms with Gasteiger partial charge < -0.3 is 19.7 Å². The highest BCUT2D eigenvalue weighted by atomic mass is 32.2. The molecule has 2 N–H and O–H groups in total. The standard InChI is InChI=1S/C27H32F3N3O5S/c1-3-39(36,37)20-10-6-18(7-11-20)23(15-34)32-25(35)22-14-33(2)24-21(22)12-13-31-26(24)38-16-17-4-8-19(9-5-17)27(28,29)30/h6-7,10-14,17,19,23,34H,3-5,8-9,15-16H2,1-2H3,(H,32,35). The van der Waals surface area contributed by atoms with Crippen LogP contribution in [-0.2, 0) is 16.9 Å². The van der Waals surface area contributed by atoms with Crippen molar-refractivity contribution in [2.24, 2.45) is 18.9 Å². The van der Waals surface area contributed by atoms with Crippen molar-refractivity contribution < 1.29 is 36.2 Å². The molecular formula is C27H32F3N3O5S. The number of benzene rings is 1. The molecule has 0 spiro atoms. The quantitative estimate of drug-likeness (QED) is 0.392. The van der Waals surface area contributed by atoms with Crippen LogP contribution in [-0.4, -0.2) is 54.1 Å². The topological polar surface area (TPSA) is 111 Å². The maximum absolute atomic E-state index is 13.2. The number of carbonyl (C=O) groups excluding carboxylic acids is 1. The second kappa shape index (κ2) is 11.5. The molecule has 0 bridgehead atoms. The zero-order chi connectivity index (χ0) is 28.4. The predicted molar refractivity (Wildman–Crippen MR) is 139 cm³/mol. The van der Waals surface area contributed by atoms with Crippen LogP contribution in [0.4, 0.5) is 13.2 Å². The van der Waals surface area contributed by atoms with E-state index in [1.165, 1.54) is 18.3 Å². The fraction of sp³-hybridized carbons (Fsp3) is 0.481. The summed E-state index contributed by atoms with van der Waals surface area (Å²) in [5.41, 5.74) is 1.45. The van der Waals surface area contributed by atoms with E-state index in [1.807, 2.05) is 0 Å². The smallest absolute Gasteiger partial charge is 0.391 e. The number of sulfone groups is 1. The largest absolute Gasteiger partial charge is 0.476 e. The zero-order valence-electron chi connectivity index (χ0n) is 21.7. The van der Waals surface area contributed by atoms with Gasteiger partial charge in [0.05, 0.1) is 41.4 Å². The summed E-state index contributed by atoms with van der Waals surface area (Å²) >= 11 is 0. The number of hydrogen-bond acceptors (Lipinski definition) is 6. The number of halogens is 3. The van der Waals surface area contributed by atoms with Gasteiger partial charge in [-0.1, -0.05) is 19.1 Å². The van der Waals surface area contributed by atoms with Crippen LogP contribution >= 0.6 is 0 Å². The predicted octanol–water partition coefficient (Wildman–Crippen LogP) is 4.58. The molecule has 1 aromatic carbocycles. The third-order valence-electron chi connectivity index (χ3n) is 7.38. The van der Waals surface area contributed by atoms with E-state index in [9.17, 15) is 31.5 Å². The Kier molecular flexibility index (Phi) is 8.55. The van der Waals surface area contributed by atoms with Crippen LogP contribution in [0.5, 0.6) is 5.88 Å². The third-order valence-corrected chi connectivity index (χ3v) is 9.13. The van der Waals surface area contributed by atoms with E-state index in [2.05, 4.69) is 10.3 Å². The molecule has 1 saturated carbocycles. The highest BCUT2D eigenvalue weighted by Crippen LogP contribution is 2.40. The lowest BCUT2D eigenvalue weighted by atomic mass is 9.82. The molecule has 2 heterocycles. The van der Waals surface area contributed by atoms with Crippen molar-refractivity contribution in [3.63, 3.8) is 0 Å². The minimum absolute atomic E-state index is 0.00675. The highest BCUT2D eigenvalue weighted by molar-refractivity contribution is 7.91. The number of aryl methyl sites for hydroxylation is 1. The highest BCUT2D eigenvalue weighted by Gasteiger charge is 2.41. The van der Waals surface area contributed by atoms with Crippen molar-refractivity contribution in [1.29, 1.82) is 0 Å². The van der Waals surface area contributed by atoms with Crippen molar-refractivity contribution in [2.75, 3.05) is 19.0 Å². The van der Waals surface area contributed by atoms with Gasteiger partial charge in [0.1, 0.15) is 5.52 Å². The number of nitrogens with zero attached hydrogens (tertiary/aromatic N) is 2. The molecule has 0 saturated heterocycles. The van der Waals surface area contributed by atoms with Crippen LogP contribution in [0.1, 0.15) is 54.6 Å². The maximum atomic E-state index is 13.2. The molecule has 2 aromatic heterocycles. The Morgan fingerprint density at radius 2 is 1.85 bits per heavy atom. The summed E-state index contributed by atoms with van der Waals surface area (Å²) in [7, 11) is -1.64. The lowest BCUT2D eigenvalue weighted by molar-refractivity contribution is -0.184. The number of aromatic nitrogens is 2. The number of aliphatic hydroxyl groups excluding tert-OH is 1. The van der Waals surface area contributed by atoms with Crippen molar-refractivity contribution >= 4 is 26.6 Å². The van der Waals surface area contributed by atoms with Crippen molar-refractivity contribution in [3.8, 4) is 5.88 Å². The van der Waals surface area contributed by atoms with Crippen LogP contribution in [0.2, 0.25) is 0 Å². The molecule has 1 fully saturated rings. The molecule has 212 valence electrons. The van der Waals surface area contributed by atoms with Crippen LogP contribution in [0.25, 0.3) is 10.9 Å². The summed E-state index contributed by atoms with van der Waals surface area (Å²) in [5, 5.41) is 13.3. The first-order valence-electron chi connectivity index (χ1n) is 12.8. The Morgan fingerprint density at radius 3 is 2.44 bits per heavy atom. The molecular weight excluding hydrogens is 535 g/mol. The number of carbonyl (C=O) groups is 1. The van der Waals surface area contributed by atoms with E-state index in [4.69, 9.17) is 4.74 Å². The lowest BCUT2D eigenvalue weighted by Crippen LogP contribution is -2.30. The zero-order valence-corrected chi connectivity index (χ0v) is 22.6. The van der Waals surface area contributed by atoms with E-state index < -0.39 is 40.5 Å². The first kappa shape index (κ1) is 28.9. The van der Waals surface area contributed by atoms with Gasteiger partial charge in [0.15, 0.2) is 9.84 Å². The molecule has 1 unspecified atom stereocenters. The van der Waals surface area contributed by atoms with Gasteiger partial charge in [0, 0.05) is 24.8 Å². The Balaban J connectivity index is 1.47. The number of pyridine rings is 1. The molecule has 8 nitrogen and oxygen atoms in total. The van der Waals surface area contributed by atoms with E-state index in [0.29, 0.717) is 40.8 Å². The summed E-state index contributed by atoms with van der Waals surface area (Å²) in [6.45, 7) is 1.39. The van der Waals surface area contributed by atoms with Crippen molar-refractivity contribution in [2.45, 2.75) is 49.7 Å². The molecule has 0 radical (unpaired) electrons. The summed E-state index contributed by atoms with van der Waals surface area (Å²) in [4.78, 5) is 17.7. The first-order chi connectivity index (χ1) is 18.4. The first-order valence-corrected chi connectivity index (χ1v) is 14.5. The van der Waals surface area contributed by atoms with Crippen molar-refractivity contribution in [3.05, 3.63) is 53.9 Å². The van der Waals surface area contributed by atoms with E-state index in [0.717, 1.165) is 0 Å². The summed E-state index contributed by atoms with van der Waals surface area (Å²) in [5.74, 6) is -1.46. The monoisotopic (exact) mass is 567 g/mol. The Labute approximate surface area is 225 Å². The van der Waals surface area contributed by atoms with Crippen LogP contribution in [0.3, 0.4) is 0 Å². The number of alkyl halides is 3. The average Bonchev–Trinajstić information content (AvgIpc) is 3.27. The van der Waals surface area contributed by atoms with Gasteiger partial charge in [-0.2, -0.15) is 13.2 Å². The fourth-order valence-corrected chi connectivity index (χ4v) is 5.89. The van der Waals surface area contributed by atoms with Crippen LogP contribution in [0.15, 0.2) is 47.6 Å². The van der Waals surface area contributed by atoms with E-state index in [1.54, 1.807) is 42.9 Å². The molecule has 1 atom stereocenters. The van der Waals surface area contributed by atoms with Gasteiger partial charge >= 0.3 is 6.18 Å². The number of nitrogens with one attached hydrogen (secondary N) is 1. The third kappa shape index (κ3) is 6.38. The van der Waals surface area contributed by atoms with Gasteiger partial charge in [0.25, 0.3) is 5.91 Å². The normalized spacial score (nSPS) is 19.1.